The second-order valence-electron chi connectivity index (χ2n) is 8.94. The Morgan fingerprint density at radius 2 is 1.71 bits per heavy atom. The number of hydrogen-bond donors (Lipinski definition) is 1. The van der Waals surface area contributed by atoms with E-state index in [0.29, 0.717) is 16.9 Å². The SMILES string of the molecule is COC(=O)Cc1ccc(NC(=O)c2cc(Oc3ccc(C(=O)N4CCCC4)cn3)nc(OC(C)C)c2)nc1. The largest absolute Gasteiger partial charge is 0.475 e. The molecular weight excluding hydrogens is 490 g/mol. The molecule has 3 aromatic rings. The van der Waals surface area contributed by atoms with Gasteiger partial charge in [0.25, 0.3) is 11.8 Å². The zero-order valence-electron chi connectivity index (χ0n) is 21.5. The molecule has 1 aliphatic rings. The Balaban J connectivity index is 1.48. The molecule has 11 heteroatoms. The van der Waals surface area contributed by atoms with Crippen LogP contribution in [0.5, 0.6) is 17.6 Å². The highest BCUT2D eigenvalue weighted by Gasteiger charge is 2.20. The molecule has 1 aliphatic heterocycles. The summed E-state index contributed by atoms with van der Waals surface area (Å²) in [5.74, 6) is -0.0874. The third-order valence-electron chi connectivity index (χ3n) is 5.63. The second-order valence-corrected chi connectivity index (χ2v) is 8.94. The number of methoxy groups -OCH3 is 1. The Kier molecular flexibility index (Phi) is 8.47. The van der Waals surface area contributed by atoms with Crippen molar-refractivity contribution in [2.75, 3.05) is 25.5 Å². The van der Waals surface area contributed by atoms with Crippen LogP contribution in [0.2, 0.25) is 0 Å². The Morgan fingerprint density at radius 1 is 0.947 bits per heavy atom. The maximum atomic E-state index is 13.0. The minimum Gasteiger partial charge on any atom is -0.475 e. The lowest BCUT2D eigenvalue weighted by Crippen LogP contribution is -2.27. The van der Waals surface area contributed by atoms with Crippen molar-refractivity contribution in [1.29, 1.82) is 0 Å². The molecule has 4 heterocycles. The number of rotatable bonds is 9. The molecule has 11 nitrogen and oxygen atoms in total. The van der Waals surface area contributed by atoms with Crippen LogP contribution in [-0.4, -0.2) is 63.9 Å². The van der Waals surface area contributed by atoms with Crippen LogP contribution in [0.4, 0.5) is 5.82 Å². The van der Waals surface area contributed by atoms with Crippen LogP contribution >= 0.6 is 0 Å². The van der Waals surface area contributed by atoms with E-state index < -0.39 is 5.91 Å². The fraction of sp³-hybridized carbons (Fsp3) is 0.333. The predicted molar refractivity (Wildman–Crippen MR) is 137 cm³/mol. The fourth-order valence-electron chi connectivity index (χ4n) is 3.77. The van der Waals surface area contributed by atoms with Gasteiger partial charge in [0.1, 0.15) is 5.82 Å². The zero-order chi connectivity index (χ0) is 27.1. The van der Waals surface area contributed by atoms with Gasteiger partial charge in [0, 0.05) is 43.7 Å². The van der Waals surface area contributed by atoms with E-state index in [1.807, 2.05) is 13.8 Å². The fourth-order valence-corrected chi connectivity index (χ4v) is 3.77. The molecular formula is C27H29N5O6. The molecule has 1 N–H and O–H groups in total. The molecule has 0 radical (unpaired) electrons. The summed E-state index contributed by atoms with van der Waals surface area (Å²) in [7, 11) is 1.32. The van der Waals surface area contributed by atoms with Gasteiger partial charge in [0.2, 0.25) is 17.6 Å². The van der Waals surface area contributed by atoms with Crippen LogP contribution in [-0.2, 0) is 16.0 Å². The molecule has 0 spiro atoms. The molecule has 198 valence electrons. The monoisotopic (exact) mass is 519 g/mol. The number of likely N-dealkylation sites (tertiary alicyclic amines) is 1. The van der Waals surface area contributed by atoms with Crippen LogP contribution in [0.3, 0.4) is 0 Å². The second kappa shape index (κ2) is 12.1. The van der Waals surface area contributed by atoms with Crippen molar-refractivity contribution < 1.29 is 28.6 Å². The highest BCUT2D eigenvalue weighted by atomic mass is 16.5. The predicted octanol–water partition coefficient (Wildman–Crippen LogP) is 3.65. The van der Waals surface area contributed by atoms with E-state index in [2.05, 4.69) is 25.0 Å². The normalized spacial score (nSPS) is 12.8. The molecule has 0 saturated carbocycles. The Bertz CT molecular complexity index is 1290. The van der Waals surface area contributed by atoms with Crippen molar-refractivity contribution in [2.45, 2.75) is 39.2 Å². The van der Waals surface area contributed by atoms with E-state index >= 15 is 0 Å². The van der Waals surface area contributed by atoms with E-state index in [1.165, 1.54) is 31.6 Å². The molecule has 2 amide bonds. The number of ether oxygens (including phenoxy) is 3. The molecule has 1 saturated heterocycles. The summed E-state index contributed by atoms with van der Waals surface area (Å²) in [6.07, 6.45) is 4.87. The lowest BCUT2D eigenvalue weighted by molar-refractivity contribution is -0.139. The lowest BCUT2D eigenvalue weighted by atomic mass is 10.2. The molecule has 0 unspecified atom stereocenters. The van der Waals surface area contributed by atoms with Crippen molar-refractivity contribution in [3.63, 3.8) is 0 Å². The summed E-state index contributed by atoms with van der Waals surface area (Å²) in [4.78, 5) is 51.5. The van der Waals surface area contributed by atoms with Crippen LogP contribution in [0.1, 0.15) is 53.0 Å². The number of nitrogens with zero attached hydrogens (tertiary/aromatic N) is 4. The van der Waals surface area contributed by atoms with Crippen molar-refractivity contribution in [1.82, 2.24) is 19.9 Å². The van der Waals surface area contributed by atoms with Crippen LogP contribution in [0.15, 0.2) is 48.8 Å². The highest BCUT2D eigenvalue weighted by Crippen LogP contribution is 2.24. The molecule has 0 atom stereocenters. The molecule has 38 heavy (non-hydrogen) atoms. The van der Waals surface area contributed by atoms with Crippen molar-refractivity contribution in [3.05, 3.63) is 65.5 Å². The standard InChI is InChI=1S/C27H29N5O6/c1-17(2)37-23-13-20(26(34)30-21-8-6-18(15-28-21)12-25(33)36-3)14-24(31-23)38-22-9-7-19(16-29-22)27(35)32-10-4-5-11-32/h6-9,13-17H,4-5,10-12H2,1-3H3,(H,28,30,34). The number of amides is 2. The molecule has 0 bridgehead atoms. The van der Waals surface area contributed by atoms with E-state index in [1.54, 1.807) is 29.2 Å². The van der Waals surface area contributed by atoms with Gasteiger partial charge in [-0.05, 0) is 44.4 Å². The summed E-state index contributed by atoms with van der Waals surface area (Å²) >= 11 is 0. The van der Waals surface area contributed by atoms with Crippen molar-refractivity contribution >= 4 is 23.6 Å². The molecule has 0 aliphatic carbocycles. The van der Waals surface area contributed by atoms with Crippen LogP contribution in [0.25, 0.3) is 0 Å². The zero-order valence-corrected chi connectivity index (χ0v) is 21.5. The van der Waals surface area contributed by atoms with Crippen LogP contribution in [0, 0.1) is 0 Å². The van der Waals surface area contributed by atoms with Gasteiger partial charge < -0.3 is 24.4 Å². The average molecular weight is 520 g/mol. The maximum Gasteiger partial charge on any atom is 0.310 e. The number of aromatic nitrogens is 3. The number of anilines is 1. The summed E-state index contributed by atoms with van der Waals surface area (Å²) in [6.45, 7) is 5.18. The summed E-state index contributed by atoms with van der Waals surface area (Å²) in [5.41, 5.74) is 1.36. The molecule has 3 aromatic heterocycles. The van der Waals surface area contributed by atoms with Gasteiger partial charge in [-0.25, -0.2) is 9.97 Å². The Labute approximate surface area is 220 Å². The number of nitrogens with one attached hydrogen (secondary N) is 1. The first-order chi connectivity index (χ1) is 18.3. The molecule has 1 fully saturated rings. The van der Waals surface area contributed by atoms with Gasteiger partial charge in [-0.2, -0.15) is 4.98 Å². The van der Waals surface area contributed by atoms with E-state index in [9.17, 15) is 14.4 Å². The number of esters is 1. The smallest absolute Gasteiger partial charge is 0.310 e. The van der Waals surface area contributed by atoms with E-state index in [0.717, 1.165) is 25.9 Å². The first-order valence-electron chi connectivity index (χ1n) is 12.3. The highest BCUT2D eigenvalue weighted by molar-refractivity contribution is 6.04. The third kappa shape index (κ3) is 7.02. The van der Waals surface area contributed by atoms with Crippen molar-refractivity contribution in [2.24, 2.45) is 0 Å². The minimum atomic E-state index is -0.460. The van der Waals surface area contributed by atoms with Gasteiger partial charge in [-0.1, -0.05) is 6.07 Å². The van der Waals surface area contributed by atoms with E-state index in [-0.39, 0.29) is 47.6 Å². The van der Waals surface area contributed by atoms with Gasteiger partial charge in [-0.3, -0.25) is 14.4 Å². The number of hydrogen-bond acceptors (Lipinski definition) is 9. The summed E-state index contributed by atoms with van der Waals surface area (Å²) in [5, 5.41) is 2.71. The first-order valence-corrected chi connectivity index (χ1v) is 12.3. The third-order valence-corrected chi connectivity index (χ3v) is 5.63. The lowest BCUT2D eigenvalue weighted by Gasteiger charge is -2.15. The molecule has 0 aromatic carbocycles. The average Bonchev–Trinajstić information content (AvgIpc) is 3.44. The first kappa shape index (κ1) is 26.5. The van der Waals surface area contributed by atoms with Gasteiger partial charge >= 0.3 is 5.97 Å². The van der Waals surface area contributed by atoms with Crippen molar-refractivity contribution in [3.8, 4) is 17.6 Å². The summed E-state index contributed by atoms with van der Waals surface area (Å²) < 4.78 is 16.2. The summed E-state index contributed by atoms with van der Waals surface area (Å²) in [6, 6.07) is 9.46. The number of pyridine rings is 3. The quantitative estimate of drug-likeness (QED) is 0.421. The molecule has 4 rings (SSSR count). The number of carbonyl (C=O) groups excluding carboxylic acids is 3. The minimum absolute atomic E-state index is 0.0575. The van der Waals surface area contributed by atoms with E-state index in [4.69, 9.17) is 9.47 Å². The Morgan fingerprint density at radius 3 is 2.34 bits per heavy atom. The maximum absolute atomic E-state index is 13.0. The van der Waals surface area contributed by atoms with Crippen LogP contribution < -0.4 is 14.8 Å². The topological polar surface area (TPSA) is 133 Å². The van der Waals surface area contributed by atoms with Gasteiger partial charge in [-0.15, -0.1) is 0 Å². The van der Waals surface area contributed by atoms with Gasteiger partial charge in [0.05, 0.1) is 30.8 Å². The number of carbonyl (C=O) groups is 3. The van der Waals surface area contributed by atoms with Gasteiger partial charge in [0.15, 0.2) is 0 Å². The Hall–Kier alpha value is -4.54.